The Morgan fingerprint density at radius 3 is 2.58 bits per heavy atom. The molecule has 1 amide bonds. The van der Waals surface area contributed by atoms with E-state index < -0.39 is 0 Å². The standard InChI is InChI=1S/C16H30N2O/c1-4-8-14-17-15(12(3)5-2)16(19)18(14)11-13-9-6-7-10-13/h12-15,17H,4-11H2,1-3H3. The maximum absolute atomic E-state index is 12.6. The van der Waals surface area contributed by atoms with Crippen LogP contribution in [0.3, 0.4) is 0 Å². The molecule has 0 radical (unpaired) electrons. The maximum atomic E-state index is 12.6. The molecule has 110 valence electrons. The molecule has 1 aliphatic heterocycles. The number of hydrogen-bond donors (Lipinski definition) is 1. The largest absolute Gasteiger partial charge is 0.326 e. The smallest absolute Gasteiger partial charge is 0.241 e. The van der Waals surface area contributed by atoms with Gasteiger partial charge in [-0.2, -0.15) is 0 Å². The van der Waals surface area contributed by atoms with Crippen molar-refractivity contribution in [2.45, 2.75) is 77.9 Å². The summed E-state index contributed by atoms with van der Waals surface area (Å²) in [4.78, 5) is 14.8. The summed E-state index contributed by atoms with van der Waals surface area (Å²) in [6.45, 7) is 7.56. The lowest BCUT2D eigenvalue weighted by molar-refractivity contribution is -0.131. The van der Waals surface area contributed by atoms with Crippen LogP contribution in [-0.4, -0.2) is 29.6 Å². The highest BCUT2D eigenvalue weighted by Crippen LogP contribution is 2.29. The number of carbonyl (C=O) groups excluding carboxylic acids is 1. The molecule has 1 saturated heterocycles. The zero-order chi connectivity index (χ0) is 13.8. The first-order chi connectivity index (χ1) is 9.17. The maximum Gasteiger partial charge on any atom is 0.241 e. The predicted octanol–water partition coefficient (Wildman–Crippen LogP) is 3.15. The van der Waals surface area contributed by atoms with Crippen LogP contribution in [0, 0.1) is 11.8 Å². The summed E-state index contributed by atoms with van der Waals surface area (Å²) in [7, 11) is 0. The molecule has 2 fully saturated rings. The molecule has 0 bridgehead atoms. The Bertz CT molecular complexity index is 299. The summed E-state index contributed by atoms with van der Waals surface area (Å²) in [6.07, 6.45) is 8.93. The Balaban J connectivity index is 2.01. The van der Waals surface area contributed by atoms with Crippen LogP contribution in [0.2, 0.25) is 0 Å². The lowest BCUT2D eigenvalue weighted by Crippen LogP contribution is -2.39. The molecule has 19 heavy (non-hydrogen) atoms. The molecule has 0 aromatic heterocycles. The van der Waals surface area contributed by atoms with E-state index in [1.807, 2.05) is 0 Å². The molecule has 2 rings (SSSR count). The summed E-state index contributed by atoms with van der Waals surface area (Å²) < 4.78 is 0. The minimum absolute atomic E-state index is 0.0583. The van der Waals surface area contributed by atoms with Crippen molar-refractivity contribution in [3.05, 3.63) is 0 Å². The number of nitrogens with zero attached hydrogens (tertiary/aromatic N) is 1. The normalized spacial score (nSPS) is 30.3. The van der Waals surface area contributed by atoms with Crippen molar-refractivity contribution in [1.29, 1.82) is 0 Å². The highest BCUT2D eigenvalue weighted by molar-refractivity contribution is 5.84. The average Bonchev–Trinajstić information content (AvgIpc) is 3.01. The Morgan fingerprint density at radius 2 is 2.00 bits per heavy atom. The van der Waals surface area contributed by atoms with Crippen LogP contribution in [-0.2, 0) is 4.79 Å². The molecular formula is C16H30N2O. The van der Waals surface area contributed by atoms with E-state index >= 15 is 0 Å². The van der Waals surface area contributed by atoms with Crippen LogP contribution < -0.4 is 5.32 Å². The molecule has 1 aliphatic carbocycles. The summed E-state index contributed by atoms with van der Waals surface area (Å²) in [5.74, 6) is 1.56. The topological polar surface area (TPSA) is 32.3 Å². The van der Waals surface area contributed by atoms with Gasteiger partial charge in [0.25, 0.3) is 0 Å². The van der Waals surface area contributed by atoms with Crippen LogP contribution in [0.1, 0.15) is 65.7 Å². The number of amides is 1. The van der Waals surface area contributed by atoms with E-state index in [0.29, 0.717) is 11.8 Å². The van der Waals surface area contributed by atoms with Crippen molar-refractivity contribution >= 4 is 5.91 Å². The summed E-state index contributed by atoms with van der Waals surface area (Å²) in [6, 6.07) is 0.0583. The lowest BCUT2D eigenvalue weighted by atomic mass is 9.99. The van der Waals surface area contributed by atoms with Gasteiger partial charge in [0, 0.05) is 6.54 Å². The lowest BCUT2D eigenvalue weighted by Gasteiger charge is -2.26. The van der Waals surface area contributed by atoms with Crippen molar-refractivity contribution in [2.75, 3.05) is 6.54 Å². The zero-order valence-electron chi connectivity index (χ0n) is 12.8. The fourth-order valence-corrected chi connectivity index (χ4v) is 3.55. The van der Waals surface area contributed by atoms with E-state index in [2.05, 4.69) is 31.0 Å². The van der Waals surface area contributed by atoms with Gasteiger partial charge < -0.3 is 4.90 Å². The number of carbonyl (C=O) groups is 1. The quantitative estimate of drug-likeness (QED) is 0.801. The van der Waals surface area contributed by atoms with Gasteiger partial charge in [0.05, 0.1) is 12.2 Å². The van der Waals surface area contributed by atoms with Crippen LogP contribution in [0.4, 0.5) is 0 Å². The SMILES string of the molecule is CCCC1NC(C(C)CC)C(=O)N1CC1CCCC1. The first-order valence-electron chi connectivity index (χ1n) is 8.23. The van der Waals surface area contributed by atoms with Crippen molar-refractivity contribution < 1.29 is 4.79 Å². The molecule has 0 aromatic carbocycles. The minimum Gasteiger partial charge on any atom is -0.326 e. The summed E-state index contributed by atoms with van der Waals surface area (Å²) >= 11 is 0. The Morgan fingerprint density at radius 1 is 1.32 bits per heavy atom. The molecule has 1 heterocycles. The van der Waals surface area contributed by atoms with Gasteiger partial charge >= 0.3 is 0 Å². The highest BCUT2D eigenvalue weighted by atomic mass is 16.2. The summed E-state index contributed by atoms with van der Waals surface area (Å²) in [5.41, 5.74) is 0. The van der Waals surface area contributed by atoms with Crippen LogP contribution >= 0.6 is 0 Å². The van der Waals surface area contributed by atoms with Crippen LogP contribution in [0.5, 0.6) is 0 Å². The van der Waals surface area contributed by atoms with E-state index in [1.54, 1.807) is 0 Å². The Kier molecular flexibility index (Phi) is 5.26. The molecule has 3 atom stereocenters. The van der Waals surface area contributed by atoms with Gasteiger partial charge in [0.2, 0.25) is 5.91 Å². The average molecular weight is 266 g/mol. The first-order valence-corrected chi connectivity index (χ1v) is 8.23. The van der Waals surface area contributed by atoms with Gasteiger partial charge in [0.15, 0.2) is 0 Å². The molecule has 1 saturated carbocycles. The molecule has 0 spiro atoms. The van der Waals surface area contributed by atoms with Crippen molar-refractivity contribution in [3.63, 3.8) is 0 Å². The number of nitrogens with one attached hydrogen (secondary N) is 1. The van der Waals surface area contributed by atoms with Crippen LogP contribution in [0.15, 0.2) is 0 Å². The monoisotopic (exact) mass is 266 g/mol. The van der Waals surface area contributed by atoms with Gasteiger partial charge in [0.1, 0.15) is 0 Å². The molecule has 0 aromatic rings. The van der Waals surface area contributed by atoms with Crippen molar-refractivity contribution in [1.82, 2.24) is 10.2 Å². The van der Waals surface area contributed by atoms with Gasteiger partial charge in [-0.1, -0.05) is 46.5 Å². The second-order valence-corrected chi connectivity index (χ2v) is 6.48. The summed E-state index contributed by atoms with van der Waals surface area (Å²) in [5, 5.41) is 3.59. The van der Waals surface area contributed by atoms with E-state index in [0.717, 1.165) is 31.7 Å². The van der Waals surface area contributed by atoms with E-state index in [1.165, 1.54) is 25.7 Å². The van der Waals surface area contributed by atoms with E-state index in [9.17, 15) is 4.79 Å². The molecule has 3 unspecified atom stereocenters. The predicted molar refractivity (Wildman–Crippen MR) is 78.7 cm³/mol. The number of rotatable bonds is 6. The van der Waals surface area contributed by atoms with Gasteiger partial charge in [-0.25, -0.2) is 0 Å². The van der Waals surface area contributed by atoms with E-state index in [4.69, 9.17) is 0 Å². The highest BCUT2D eigenvalue weighted by Gasteiger charge is 2.41. The van der Waals surface area contributed by atoms with Crippen molar-refractivity contribution in [2.24, 2.45) is 11.8 Å². The fourth-order valence-electron chi connectivity index (χ4n) is 3.55. The van der Waals surface area contributed by atoms with Gasteiger partial charge in [-0.15, -0.1) is 0 Å². The fraction of sp³-hybridized carbons (Fsp3) is 0.938. The van der Waals surface area contributed by atoms with Crippen molar-refractivity contribution in [3.8, 4) is 0 Å². The van der Waals surface area contributed by atoms with Gasteiger partial charge in [-0.05, 0) is 31.1 Å². The first kappa shape index (κ1) is 14.8. The van der Waals surface area contributed by atoms with E-state index in [-0.39, 0.29) is 12.2 Å². The molecular weight excluding hydrogens is 236 g/mol. The third kappa shape index (κ3) is 3.31. The molecule has 3 heteroatoms. The third-order valence-electron chi connectivity index (χ3n) is 5.00. The second-order valence-electron chi connectivity index (χ2n) is 6.48. The Labute approximate surface area is 118 Å². The minimum atomic E-state index is 0.0583. The molecule has 3 nitrogen and oxygen atoms in total. The third-order valence-corrected chi connectivity index (χ3v) is 5.00. The Hall–Kier alpha value is -0.570. The van der Waals surface area contributed by atoms with Crippen LogP contribution in [0.25, 0.3) is 0 Å². The second kappa shape index (κ2) is 6.74. The molecule has 2 aliphatic rings. The van der Waals surface area contributed by atoms with Gasteiger partial charge in [-0.3, -0.25) is 10.1 Å². The molecule has 1 N–H and O–H groups in total. The zero-order valence-corrected chi connectivity index (χ0v) is 12.8. The number of hydrogen-bond acceptors (Lipinski definition) is 2.